The summed E-state index contributed by atoms with van der Waals surface area (Å²) in [6.45, 7) is 7.00. The Morgan fingerprint density at radius 3 is 2.86 bits per heavy atom. The molecule has 0 spiro atoms. The molecule has 0 aromatic carbocycles. The average Bonchev–Trinajstić information content (AvgIpc) is 3.38. The minimum Gasteiger partial charge on any atom is -0.376 e. The number of aromatic nitrogens is 4. The number of rotatable bonds is 7. The molecule has 1 N–H and O–H groups in total. The Morgan fingerprint density at radius 1 is 1.43 bits per heavy atom. The largest absolute Gasteiger partial charge is 0.376 e. The zero-order valence-electron chi connectivity index (χ0n) is 17.0. The minimum atomic E-state index is 0. The van der Waals surface area contributed by atoms with Gasteiger partial charge in [0, 0.05) is 51.3 Å². The van der Waals surface area contributed by atoms with Gasteiger partial charge in [0.2, 0.25) is 0 Å². The van der Waals surface area contributed by atoms with Crippen molar-refractivity contribution >= 4 is 41.3 Å². The molecule has 1 unspecified atom stereocenters. The number of ether oxygens (including phenoxy) is 1. The lowest BCUT2D eigenvalue weighted by Gasteiger charge is -2.23. The van der Waals surface area contributed by atoms with E-state index in [4.69, 9.17) is 9.73 Å². The molecule has 1 fully saturated rings. The van der Waals surface area contributed by atoms with E-state index in [2.05, 4.69) is 39.4 Å². The van der Waals surface area contributed by atoms with Gasteiger partial charge in [-0.3, -0.25) is 0 Å². The number of aliphatic imine (C=N–C) groups is 1. The summed E-state index contributed by atoms with van der Waals surface area (Å²) >= 11 is 1.75. The molecule has 0 radical (unpaired) electrons. The van der Waals surface area contributed by atoms with Crippen LogP contribution in [0.4, 0.5) is 0 Å². The smallest absolute Gasteiger partial charge is 0.194 e. The standard InChI is InChI=1S/C18H29N7OS.HI/c1-13-10-19-17(27-13)7-8-24(3)18(20-11-15-6-5-9-26-15)21-12-16-23-22-14(2)25(16)4;/h10,15H,5-9,11-12H2,1-4H3,(H,20,21);1H. The molecular weight excluding hydrogens is 489 g/mol. The second-order valence-corrected chi connectivity index (χ2v) is 8.23. The molecule has 1 aliphatic rings. The van der Waals surface area contributed by atoms with Crippen LogP contribution in [0.25, 0.3) is 0 Å². The van der Waals surface area contributed by atoms with E-state index < -0.39 is 0 Å². The lowest BCUT2D eigenvalue weighted by molar-refractivity contribution is 0.113. The van der Waals surface area contributed by atoms with Crippen LogP contribution < -0.4 is 5.32 Å². The maximum absolute atomic E-state index is 5.73. The van der Waals surface area contributed by atoms with E-state index >= 15 is 0 Å². The second kappa shape index (κ2) is 11.1. The van der Waals surface area contributed by atoms with Gasteiger partial charge in [-0.1, -0.05) is 0 Å². The van der Waals surface area contributed by atoms with Crippen LogP contribution in [0.1, 0.15) is 34.4 Å². The van der Waals surface area contributed by atoms with E-state index in [-0.39, 0.29) is 30.1 Å². The van der Waals surface area contributed by atoms with Crippen molar-refractivity contribution in [3.63, 3.8) is 0 Å². The van der Waals surface area contributed by atoms with Crippen molar-refractivity contribution in [1.82, 2.24) is 30.0 Å². The fraction of sp³-hybridized carbons (Fsp3) is 0.667. The summed E-state index contributed by atoms with van der Waals surface area (Å²) in [5.74, 6) is 2.61. The van der Waals surface area contributed by atoms with E-state index in [1.807, 2.05) is 24.7 Å². The summed E-state index contributed by atoms with van der Waals surface area (Å²) in [6.07, 6.45) is 5.34. The second-order valence-electron chi connectivity index (χ2n) is 6.91. The topological polar surface area (TPSA) is 80.5 Å². The van der Waals surface area contributed by atoms with Crippen LogP contribution in [0.3, 0.4) is 0 Å². The quantitative estimate of drug-likeness (QED) is 0.344. The summed E-state index contributed by atoms with van der Waals surface area (Å²) in [4.78, 5) is 12.6. The molecule has 10 heteroatoms. The fourth-order valence-corrected chi connectivity index (χ4v) is 3.72. The molecule has 1 saturated heterocycles. The number of aryl methyl sites for hydroxylation is 2. The Morgan fingerprint density at radius 2 is 2.25 bits per heavy atom. The van der Waals surface area contributed by atoms with Crippen LogP contribution in [-0.2, 0) is 24.8 Å². The molecule has 28 heavy (non-hydrogen) atoms. The number of thiazole rings is 1. The highest BCUT2D eigenvalue weighted by atomic mass is 127. The van der Waals surface area contributed by atoms with E-state index in [0.29, 0.717) is 6.54 Å². The molecule has 0 saturated carbocycles. The van der Waals surface area contributed by atoms with Crippen molar-refractivity contribution in [1.29, 1.82) is 0 Å². The van der Waals surface area contributed by atoms with Gasteiger partial charge in [0.25, 0.3) is 0 Å². The maximum atomic E-state index is 5.73. The van der Waals surface area contributed by atoms with E-state index in [9.17, 15) is 0 Å². The van der Waals surface area contributed by atoms with Crippen molar-refractivity contribution in [2.75, 3.05) is 26.7 Å². The van der Waals surface area contributed by atoms with Gasteiger partial charge in [-0.25, -0.2) is 9.98 Å². The predicted octanol–water partition coefficient (Wildman–Crippen LogP) is 2.31. The zero-order valence-corrected chi connectivity index (χ0v) is 20.2. The Bertz CT molecular complexity index is 770. The third-order valence-corrected chi connectivity index (χ3v) is 5.73. The molecule has 2 aromatic heterocycles. The van der Waals surface area contributed by atoms with Crippen LogP contribution in [0.2, 0.25) is 0 Å². The molecule has 0 amide bonds. The summed E-state index contributed by atoms with van der Waals surface area (Å²) in [6, 6.07) is 0. The Hall–Kier alpha value is -1.27. The number of likely N-dealkylation sites (N-methyl/N-ethyl adjacent to an activating group) is 1. The number of hydrogen-bond acceptors (Lipinski definition) is 6. The molecule has 1 atom stereocenters. The Balaban J connectivity index is 0.00000280. The minimum absolute atomic E-state index is 0. The van der Waals surface area contributed by atoms with E-state index in [1.54, 1.807) is 11.3 Å². The molecule has 0 bridgehead atoms. The summed E-state index contributed by atoms with van der Waals surface area (Å²) in [5.41, 5.74) is 0. The first-order valence-electron chi connectivity index (χ1n) is 9.40. The Kier molecular flexibility index (Phi) is 9.09. The first-order chi connectivity index (χ1) is 13.0. The lowest BCUT2D eigenvalue weighted by atomic mass is 10.2. The molecule has 0 aliphatic carbocycles. The number of guanidine groups is 1. The van der Waals surface area contributed by atoms with Gasteiger partial charge in [0.1, 0.15) is 12.4 Å². The first-order valence-corrected chi connectivity index (χ1v) is 10.2. The molecular formula is C18H30IN7OS. The van der Waals surface area contributed by atoms with Crippen LogP contribution in [0.15, 0.2) is 11.2 Å². The number of nitrogens with zero attached hydrogens (tertiary/aromatic N) is 6. The molecule has 3 rings (SSSR count). The first kappa shape index (κ1) is 23.0. The molecule has 1 aliphatic heterocycles. The fourth-order valence-electron chi connectivity index (χ4n) is 2.94. The highest BCUT2D eigenvalue weighted by Crippen LogP contribution is 2.13. The van der Waals surface area contributed by atoms with Gasteiger partial charge in [0.05, 0.1) is 11.1 Å². The molecule has 156 valence electrons. The zero-order chi connectivity index (χ0) is 19.2. The third-order valence-electron chi connectivity index (χ3n) is 4.76. The van der Waals surface area contributed by atoms with Crippen LogP contribution in [0.5, 0.6) is 0 Å². The van der Waals surface area contributed by atoms with Crippen LogP contribution in [0, 0.1) is 13.8 Å². The van der Waals surface area contributed by atoms with Gasteiger partial charge >= 0.3 is 0 Å². The molecule has 2 aromatic rings. The molecule has 8 nitrogen and oxygen atoms in total. The highest BCUT2D eigenvalue weighted by Gasteiger charge is 2.17. The maximum Gasteiger partial charge on any atom is 0.194 e. The van der Waals surface area contributed by atoms with Crippen molar-refractivity contribution in [3.8, 4) is 0 Å². The van der Waals surface area contributed by atoms with Crippen LogP contribution in [-0.4, -0.2) is 63.5 Å². The summed E-state index contributed by atoms with van der Waals surface area (Å²) < 4.78 is 7.70. The van der Waals surface area contributed by atoms with Gasteiger partial charge in [-0.15, -0.1) is 45.5 Å². The number of halogens is 1. The monoisotopic (exact) mass is 519 g/mol. The van der Waals surface area contributed by atoms with Crippen molar-refractivity contribution in [2.45, 2.75) is 45.8 Å². The van der Waals surface area contributed by atoms with Crippen LogP contribution >= 0.6 is 35.3 Å². The van der Waals surface area contributed by atoms with Gasteiger partial charge in [-0.05, 0) is 26.7 Å². The summed E-state index contributed by atoms with van der Waals surface area (Å²) in [5, 5.41) is 12.9. The Labute approximate surface area is 187 Å². The lowest BCUT2D eigenvalue weighted by Crippen LogP contribution is -2.43. The van der Waals surface area contributed by atoms with Gasteiger partial charge < -0.3 is 19.5 Å². The van der Waals surface area contributed by atoms with E-state index in [0.717, 1.165) is 61.6 Å². The molecule has 3 heterocycles. The van der Waals surface area contributed by atoms with Crippen molar-refractivity contribution in [3.05, 3.63) is 27.7 Å². The van der Waals surface area contributed by atoms with Gasteiger partial charge in [0.15, 0.2) is 11.8 Å². The predicted molar refractivity (Wildman–Crippen MR) is 122 cm³/mol. The van der Waals surface area contributed by atoms with Crippen molar-refractivity contribution in [2.24, 2.45) is 12.0 Å². The highest BCUT2D eigenvalue weighted by molar-refractivity contribution is 14.0. The van der Waals surface area contributed by atoms with Crippen molar-refractivity contribution < 1.29 is 4.74 Å². The number of hydrogen-bond donors (Lipinski definition) is 1. The number of nitrogens with one attached hydrogen (secondary N) is 1. The van der Waals surface area contributed by atoms with Gasteiger partial charge in [-0.2, -0.15) is 0 Å². The SMILES string of the molecule is Cc1cnc(CCN(C)C(=NCc2nnc(C)n2C)NCC2CCCO2)s1.I. The third kappa shape index (κ3) is 6.38. The normalized spacial score (nSPS) is 16.9. The summed E-state index contributed by atoms with van der Waals surface area (Å²) in [7, 11) is 4.03. The average molecular weight is 519 g/mol. The van der Waals surface area contributed by atoms with E-state index in [1.165, 1.54) is 4.88 Å².